The molecular formula is C13H20N6O6S. The number of piperidine rings is 1. The molecule has 13 heteroatoms. The van der Waals surface area contributed by atoms with Crippen LogP contribution in [0, 0.1) is 0 Å². The first-order valence-corrected chi connectivity index (χ1v) is 9.80. The molecule has 0 unspecified atom stereocenters. The SMILES string of the molecule is O=C1N2C[C@@H](CC[C@H]2c2nnc(CCNC3CNC3)o2)N1OS(=O)(=O)O. The van der Waals surface area contributed by atoms with Crippen LogP contribution in [0.3, 0.4) is 0 Å². The zero-order valence-corrected chi connectivity index (χ0v) is 14.7. The highest BCUT2D eigenvalue weighted by atomic mass is 32.3. The van der Waals surface area contributed by atoms with Crippen LogP contribution in [0.15, 0.2) is 4.42 Å². The zero-order chi connectivity index (χ0) is 18.3. The van der Waals surface area contributed by atoms with Crippen LogP contribution in [0.4, 0.5) is 4.79 Å². The molecule has 3 aliphatic rings. The van der Waals surface area contributed by atoms with Gasteiger partial charge in [-0.2, -0.15) is 13.5 Å². The lowest BCUT2D eigenvalue weighted by Crippen LogP contribution is -2.55. The van der Waals surface area contributed by atoms with Gasteiger partial charge in [-0.3, -0.25) is 4.55 Å². The standard InChI is InChI=1S/C13H20N6O6S/c20-13-18-7-9(19(13)25-26(21,22)23)1-2-10(18)12-17-16-11(24-12)3-4-15-8-5-14-6-8/h8-10,14-15H,1-7H2,(H,21,22,23)/t9-,10+/m1/s1. The molecule has 0 spiro atoms. The minimum absolute atomic E-state index is 0.271. The molecule has 0 radical (unpaired) electrons. The quantitative estimate of drug-likeness (QED) is 0.488. The third kappa shape index (κ3) is 3.53. The van der Waals surface area contributed by atoms with Gasteiger partial charge < -0.3 is 20.0 Å². The Morgan fingerprint density at radius 1 is 1.35 bits per heavy atom. The van der Waals surface area contributed by atoms with Gasteiger partial charge in [0.2, 0.25) is 11.8 Å². The maximum Gasteiger partial charge on any atom is 0.418 e. The highest BCUT2D eigenvalue weighted by Gasteiger charge is 2.49. The summed E-state index contributed by atoms with van der Waals surface area (Å²) in [7, 11) is -4.76. The number of carbonyl (C=O) groups excluding carboxylic acids is 1. The molecule has 4 heterocycles. The van der Waals surface area contributed by atoms with Gasteiger partial charge in [0.25, 0.3) is 0 Å². The Hall–Kier alpha value is -1.80. The van der Waals surface area contributed by atoms with Crippen molar-refractivity contribution in [1.29, 1.82) is 0 Å². The summed E-state index contributed by atoms with van der Waals surface area (Å²) >= 11 is 0. The molecule has 1 aromatic heterocycles. The molecule has 2 amide bonds. The van der Waals surface area contributed by atoms with E-state index in [1.54, 1.807) is 0 Å². The average Bonchev–Trinajstić information content (AvgIpc) is 3.09. The molecule has 0 aromatic carbocycles. The van der Waals surface area contributed by atoms with Gasteiger partial charge in [-0.25, -0.2) is 4.79 Å². The van der Waals surface area contributed by atoms with Gasteiger partial charge in [0.05, 0.1) is 6.04 Å². The van der Waals surface area contributed by atoms with E-state index in [-0.39, 0.29) is 6.54 Å². The van der Waals surface area contributed by atoms with Gasteiger partial charge >= 0.3 is 16.4 Å². The topological polar surface area (TPSA) is 150 Å². The second kappa shape index (κ2) is 6.74. The minimum atomic E-state index is -4.76. The number of aromatic nitrogens is 2. The van der Waals surface area contributed by atoms with Crippen LogP contribution in [0.1, 0.15) is 30.7 Å². The summed E-state index contributed by atoms with van der Waals surface area (Å²) in [4.78, 5) is 13.8. The van der Waals surface area contributed by atoms with E-state index >= 15 is 0 Å². The van der Waals surface area contributed by atoms with Gasteiger partial charge in [-0.1, -0.05) is 0 Å². The van der Waals surface area contributed by atoms with Crippen LogP contribution in [0.2, 0.25) is 0 Å². The van der Waals surface area contributed by atoms with E-state index in [4.69, 9.17) is 8.97 Å². The molecule has 2 atom stereocenters. The van der Waals surface area contributed by atoms with Crippen molar-refractivity contribution in [2.45, 2.75) is 37.4 Å². The molecule has 0 aliphatic carbocycles. The highest BCUT2D eigenvalue weighted by Crippen LogP contribution is 2.38. The van der Waals surface area contributed by atoms with Crippen LogP contribution >= 0.6 is 0 Å². The summed E-state index contributed by atoms with van der Waals surface area (Å²) in [5.41, 5.74) is 0. The molecular weight excluding hydrogens is 368 g/mol. The maximum atomic E-state index is 12.4. The zero-order valence-electron chi connectivity index (χ0n) is 13.9. The second-order valence-electron chi connectivity index (χ2n) is 6.60. The van der Waals surface area contributed by atoms with Gasteiger partial charge in [0.1, 0.15) is 6.04 Å². The second-order valence-corrected chi connectivity index (χ2v) is 7.61. The normalized spacial score (nSPS) is 26.4. The van der Waals surface area contributed by atoms with Crippen molar-refractivity contribution in [3.05, 3.63) is 11.8 Å². The highest BCUT2D eigenvalue weighted by molar-refractivity contribution is 7.80. The van der Waals surface area contributed by atoms with Crippen LogP contribution in [-0.2, 0) is 21.1 Å². The number of nitrogens with one attached hydrogen (secondary N) is 2. The summed E-state index contributed by atoms with van der Waals surface area (Å²) in [6.07, 6.45) is 1.62. The summed E-state index contributed by atoms with van der Waals surface area (Å²) in [5, 5.41) is 15.3. The molecule has 3 N–H and O–H groups in total. The Balaban J connectivity index is 1.38. The molecule has 3 fully saturated rings. The number of hydrogen-bond donors (Lipinski definition) is 3. The number of amides is 2. The van der Waals surface area contributed by atoms with Crippen molar-refractivity contribution in [2.75, 3.05) is 26.2 Å². The molecule has 1 aromatic rings. The first kappa shape index (κ1) is 17.6. The molecule has 4 rings (SSSR count). The molecule has 144 valence electrons. The first-order valence-electron chi connectivity index (χ1n) is 8.44. The summed E-state index contributed by atoms with van der Waals surface area (Å²) in [6.45, 7) is 2.90. The monoisotopic (exact) mass is 388 g/mol. The molecule has 3 aliphatic heterocycles. The van der Waals surface area contributed by atoms with Gasteiger partial charge in [0, 0.05) is 38.6 Å². The predicted octanol–water partition coefficient (Wildman–Crippen LogP) is -1.15. The van der Waals surface area contributed by atoms with Gasteiger partial charge in [0.15, 0.2) is 0 Å². The van der Waals surface area contributed by atoms with Crippen molar-refractivity contribution < 1.29 is 26.5 Å². The lowest BCUT2D eigenvalue weighted by molar-refractivity contribution is -0.0317. The average molecular weight is 388 g/mol. The molecule has 0 saturated carbocycles. The molecule has 12 nitrogen and oxygen atoms in total. The first-order chi connectivity index (χ1) is 12.4. The Kier molecular flexibility index (Phi) is 4.56. The fourth-order valence-corrected chi connectivity index (χ4v) is 3.80. The van der Waals surface area contributed by atoms with E-state index in [2.05, 4.69) is 25.1 Å². The largest absolute Gasteiger partial charge is 0.423 e. The van der Waals surface area contributed by atoms with E-state index < -0.39 is 28.5 Å². The third-order valence-corrected chi connectivity index (χ3v) is 5.17. The lowest BCUT2D eigenvalue weighted by Gasteiger charge is -2.28. The van der Waals surface area contributed by atoms with Gasteiger partial charge in [-0.05, 0) is 12.8 Å². The van der Waals surface area contributed by atoms with E-state index in [1.807, 2.05) is 0 Å². The van der Waals surface area contributed by atoms with Crippen LogP contribution < -0.4 is 10.6 Å². The maximum absolute atomic E-state index is 12.4. The van der Waals surface area contributed by atoms with E-state index in [1.165, 1.54) is 4.90 Å². The third-order valence-electron chi connectivity index (χ3n) is 4.82. The number of rotatable bonds is 7. The summed E-state index contributed by atoms with van der Waals surface area (Å²) in [6, 6.07) is -1.04. The van der Waals surface area contributed by atoms with Crippen molar-refractivity contribution in [2.24, 2.45) is 0 Å². The van der Waals surface area contributed by atoms with Gasteiger partial charge in [-0.15, -0.1) is 14.5 Å². The fourth-order valence-electron chi connectivity index (χ4n) is 3.41. The smallest absolute Gasteiger partial charge is 0.418 e. The van der Waals surface area contributed by atoms with Crippen LogP contribution in [-0.4, -0.2) is 77.4 Å². The Morgan fingerprint density at radius 3 is 2.85 bits per heavy atom. The Bertz CT molecular complexity index is 780. The minimum Gasteiger partial charge on any atom is -0.423 e. The number of nitrogens with zero attached hydrogens (tertiary/aromatic N) is 4. The number of urea groups is 1. The number of fused-ring (bicyclic) bond motifs is 2. The molecule has 3 saturated heterocycles. The Labute approximate surface area is 149 Å². The fraction of sp³-hybridized carbons (Fsp3) is 0.769. The summed E-state index contributed by atoms with van der Waals surface area (Å²) in [5.74, 6) is 0.811. The number of hydrogen-bond acceptors (Lipinski definition) is 9. The van der Waals surface area contributed by atoms with Crippen molar-refractivity contribution in [3.8, 4) is 0 Å². The van der Waals surface area contributed by atoms with Crippen LogP contribution in [0.5, 0.6) is 0 Å². The Morgan fingerprint density at radius 2 is 2.15 bits per heavy atom. The predicted molar refractivity (Wildman–Crippen MR) is 85.0 cm³/mol. The lowest BCUT2D eigenvalue weighted by atomic mass is 10.0. The van der Waals surface area contributed by atoms with Crippen molar-refractivity contribution in [3.63, 3.8) is 0 Å². The summed E-state index contributed by atoms with van der Waals surface area (Å²) < 4.78 is 40.8. The van der Waals surface area contributed by atoms with E-state index in [0.29, 0.717) is 42.1 Å². The van der Waals surface area contributed by atoms with E-state index in [0.717, 1.165) is 19.6 Å². The molecule has 2 bridgehead atoms. The molecule has 26 heavy (non-hydrogen) atoms. The van der Waals surface area contributed by atoms with Crippen LogP contribution in [0.25, 0.3) is 0 Å². The van der Waals surface area contributed by atoms with Crippen molar-refractivity contribution >= 4 is 16.4 Å². The number of hydroxylamine groups is 2. The number of carbonyl (C=O) groups is 1. The van der Waals surface area contributed by atoms with E-state index in [9.17, 15) is 13.2 Å². The van der Waals surface area contributed by atoms with Crippen molar-refractivity contribution in [1.82, 2.24) is 30.8 Å².